The summed E-state index contributed by atoms with van der Waals surface area (Å²) >= 11 is 0. The first-order valence-electron chi connectivity index (χ1n) is 16.9. The number of anilines is 1. The molecule has 0 saturated heterocycles. The largest absolute Gasteiger partial charge is 0.489 e. The van der Waals surface area contributed by atoms with E-state index in [-0.39, 0.29) is 5.56 Å². The van der Waals surface area contributed by atoms with E-state index in [4.69, 9.17) is 9.47 Å². The van der Waals surface area contributed by atoms with E-state index in [0.29, 0.717) is 31.3 Å². The molecule has 42 heavy (non-hydrogen) atoms. The molecule has 0 amide bonds. The lowest BCUT2D eigenvalue weighted by atomic mass is 10.1. The minimum atomic E-state index is -0.0716. The van der Waals surface area contributed by atoms with E-state index >= 15 is 0 Å². The lowest BCUT2D eigenvalue weighted by molar-refractivity contribution is 0.256. The van der Waals surface area contributed by atoms with Crippen molar-refractivity contribution in [2.45, 2.75) is 138 Å². The predicted octanol–water partition coefficient (Wildman–Crippen LogP) is 10.6. The van der Waals surface area contributed by atoms with Gasteiger partial charge in [0.25, 0.3) is 5.56 Å². The third-order valence-electron chi connectivity index (χ3n) is 7.75. The number of hydrogen-bond acceptors (Lipinski definition) is 4. The Labute approximate surface area is 256 Å². The number of unbranched alkanes of at least 4 members (excludes halogenated alkanes) is 9. The summed E-state index contributed by atoms with van der Waals surface area (Å²) in [4.78, 5) is 13.9. The van der Waals surface area contributed by atoms with Gasteiger partial charge in [-0.3, -0.25) is 4.79 Å². The highest BCUT2D eigenvalue weighted by Gasteiger charge is 2.20. The predicted molar refractivity (Wildman–Crippen MR) is 183 cm³/mol. The van der Waals surface area contributed by atoms with E-state index in [1.54, 1.807) is 0 Å². The van der Waals surface area contributed by atoms with Crippen molar-refractivity contribution in [1.82, 2.24) is 4.57 Å². The van der Waals surface area contributed by atoms with Gasteiger partial charge in [-0.15, -0.1) is 0 Å². The van der Waals surface area contributed by atoms with Crippen molar-refractivity contribution in [2.24, 2.45) is 0 Å². The van der Waals surface area contributed by atoms with Crippen molar-refractivity contribution >= 4 is 16.6 Å². The Morgan fingerprint density at radius 2 is 1.40 bits per heavy atom. The Balaban J connectivity index is 2.33. The summed E-state index contributed by atoms with van der Waals surface area (Å²) in [6.07, 6.45) is 20.2. The number of benzene rings is 1. The molecule has 236 valence electrons. The molecule has 2 aromatic rings. The van der Waals surface area contributed by atoms with Gasteiger partial charge >= 0.3 is 0 Å². The molecule has 0 unspecified atom stereocenters. The molecule has 1 aromatic carbocycles. The van der Waals surface area contributed by atoms with Gasteiger partial charge in [-0.05, 0) is 71.1 Å². The molecule has 1 N–H and O–H groups in total. The van der Waals surface area contributed by atoms with Crippen molar-refractivity contribution in [3.05, 3.63) is 51.9 Å². The molecule has 0 saturated carbocycles. The molecule has 5 nitrogen and oxygen atoms in total. The fraction of sp³-hybridized carbons (Fsp3) is 0.649. The van der Waals surface area contributed by atoms with Gasteiger partial charge in [0, 0.05) is 24.2 Å². The molecule has 0 aliphatic rings. The van der Waals surface area contributed by atoms with Gasteiger partial charge in [-0.1, -0.05) is 102 Å². The van der Waals surface area contributed by atoms with Gasteiger partial charge in [0.1, 0.15) is 0 Å². The maximum absolute atomic E-state index is 13.9. The summed E-state index contributed by atoms with van der Waals surface area (Å²) in [5, 5.41) is 4.51. The highest BCUT2D eigenvalue weighted by atomic mass is 16.5. The summed E-state index contributed by atoms with van der Waals surface area (Å²) in [5.41, 5.74) is 4.60. The van der Waals surface area contributed by atoms with Crippen molar-refractivity contribution in [1.29, 1.82) is 0 Å². The first-order valence-corrected chi connectivity index (χ1v) is 16.9. The van der Waals surface area contributed by atoms with Crippen LogP contribution in [0.2, 0.25) is 0 Å². The van der Waals surface area contributed by atoms with Crippen LogP contribution < -0.4 is 20.3 Å². The second-order valence-corrected chi connectivity index (χ2v) is 12.0. The molecule has 5 heteroatoms. The number of aromatic nitrogens is 1. The molecule has 0 atom stereocenters. The van der Waals surface area contributed by atoms with Crippen LogP contribution in [0.4, 0.5) is 5.69 Å². The van der Waals surface area contributed by atoms with Gasteiger partial charge in [0.2, 0.25) is 5.75 Å². The fourth-order valence-corrected chi connectivity index (χ4v) is 5.11. The Hall–Kier alpha value is -2.69. The van der Waals surface area contributed by atoms with Crippen LogP contribution in [0.15, 0.2) is 46.3 Å². The summed E-state index contributed by atoms with van der Waals surface area (Å²) in [6, 6.07) is 6.31. The van der Waals surface area contributed by atoms with E-state index < -0.39 is 0 Å². The summed E-state index contributed by atoms with van der Waals surface area (Å²) in [5.74, 6) is 1.00. The molecule has 1 heterocycles. The Morgan fingerprint density at radius 3 is 2.07 bits per heavy atom. The van der Waals surface area contributed by atoms with Crippen LogP contribution in [0.25, 0.3) is 10.9 Å². The average molecular weight is 581 g/mol. The van der Waals surface area contributed by atoms with E-state index in [2.05, 4.69) is 77.2 Å². The molecule has 0 aliphatic carbocycles. The van der Waals surface area contributed by atoms with E-state index in [1.165, 1.54) is 49.7 Å². The minimum absolute atomic E-state index is 0.0716. The number of fused-ring (bicyclic) bond motifs is 1. The Kier molecular flexibility index (Phi) is 17.8. The average Bonchev–Trinajstić information content (AvgIpc) is 2.97. The highest BCUT2D eigenvalue weighted by molar-refractivity contribution is 5.90. The maximum atomic E-state index is 13.9. The number of pyridine rings is 1. The number of aryl methyl sites for hydroxylation is 1. The van der Waals surface area contributed by atoms with Crippen molar-refractivity contribution in [2.75, 3.05) is 25.1 Å². The van der Waals surface area contributed by atoms with Crippen LogP contribution in [0.5, 0.6) is 11.5 Å². The number of nitrogens with one attached hydrogen (secondary N) is 1. The SMILES string of the molecule is CCCCCCCCOc1c(OCCCCCC)c2ccc(NCC=C(C)CCC=C(C)C)cc2n(CCCC)c1=O. The zero-order chi connectivity index (χ0) is 30.6. The van der Waals surface area contributed by atoms with Gasteiger partial charge in [0.05, 0.1) is 18.7 Å². The molecule has 0 spiro atoms. The number of ether oxygens (including phenoxy) is 2. The maximum Gasteiger partial charge on any atom is 0.297 e. The van der Waals surface area contributed by atoms with E-state index in [0.717, 1.165) is 74.5 Å². The quantitative estimate of drug-likeness (QED) is 0.105. The molecule has 0 aliphatic heterocycles. The van der Waals surface area contributed by atoms with Crippen molar-refractivity contribution < 1.29 is 9.47 Å². The lowest BCUT2D eigenvalue weighted by Crippen LogP contribution is -2.24. The van der Waals surface area contributed by atoms with E-state index in [1.807, 2.05) is 4.57 Å². The zero-order valence-electron chi connectivity index (χ0n) is 27.8. The lowest BCUT2D eigenvalue weighted by Gasteiger charge is -2.19. The Bertz CT molecular complexity index is 1160. The third-order valence-corrected chi connectivity index (χ3v) is 7.75. The number of allylic oxidation sites excluding steroid dienone is 3. The van der Waals surface area contributed by atoms with Crippen LogP contribution in [0.1, 0.15) is 131 Å². The molecule has 0 radical (unpaired) electrons. The van der Waals surface area contributed by atoms with Crippen LogP contribution in [-0.4, -0.2) is 24.3 Å². The van der Waals surface area contributed by atoms with Crippen LogP contribution in [0, 0.1) is 0 Å². The van der Waals surface area contributed by atoms with Crippen molar-refractivity contribution in [3.8, 4) is 11.5 Å². The standard InChI is InChI=1S/C37H60N2O3/c1-7-10-13-15-16-18-28-42-36-35(41-27-17-14-11-8-2)33-23-22-32(29-34(33)39(37(36)40)26-12-9-3)38-25-24-31(6)21-19-20-30(4)5/h20,22-24,29,38H,7-19,21,25-28H2,1-6H3. The van der Waals surface area contributed by atoms with Crippen LogP contribution in [-0.2, 0) is 6.54 Å². The topological polar surface area (TPSA) is 52.5 Å². The second-order valence-electron chi connectivity index (χ2n) is 12.0. The molecule has 1 aromatic heterocycles. The van der Waals surface area contributed by atoms with Gasteiger partial charge in [0.15, 0.2) is 5.75 Å². The first-order chi connectivity index (χ1) is 20.4. The third kappa shape index (κ3) is 12.7. The van der Waals surface area contributed by atoms with Crippen LogP contribution >= 0.6 is 0 Å². The van der Waals surface area contributed by atoms with E-state index in [9.17, 15) is 4.79 Å². The molecular weight excluding hydrogens is 520 g/mol. The molecule has 0 bridgehead atoms. The zero-order valence-corrected chi connectivity index (χ0v) is 27.8. The smallest absolute Gasteiger partial charge is 0.297 e. The Morgan fingerprint density at radius 1 is 0.786 bits per heavy atom. The molecular formula is C37H60N2O3. The number of nitrogens with zero attached hydrogens (tertiary/aromatic N) is 1. The van der Waals surface area contributed by atoms with Gasteiger partial charge in [-0.25, -0.2) is 0 Å². The summed E-state index contributed by atoms with van der Waals surface area (Å²) < 4.78 is 14.6. The molecule has 2 rings (SSSR count). The van der Waals surface area contributed by atoms with Crippen molar-refractivity contribution in [3.63, 3.8) is 0 Å². The van der Waals surface area contributed by atoms with Crippen LogP contribution in [0.3, 0.4) is 0 Å². The summed E-state index contributed by atoms with van der Waals surface area (Å²) in [7, 11) is 0. The fourth-order valence-electron chi connectivity index (χ4n) is 5.11. The number of rotatable bonds is 23. The minimum Gasteiger partial charge on any atom is -0.489 e. The number of hydrogen-bond donors (Lipinski definition) is 1. The second kappa shape index (κ2) is 21.1. The van der Waals surface area contributed by atoms with Gasteiger partial charge in [-0.2, -0.15) is 0 Å². The van der Waals surface area contributed by atoms with Gasteiger partial charge < -0.3 is 19.4 Å². The monoisotopic (exact) mass is 580 g/mol. The summed E-state index contributed by atoms with van der Waals surface area (Å²) in [6.45, 7) is 15.7. The molecule has 0 fully saturated rings. The highest BCUT2D eigenvalue weighted by Crippen LogP contribution is 2.35. The normalized spacial score (nSPS) is 11.6. The first kappa shape index (κ1) is 35.5.